The molecule has 1 aromatic heterocycles. The van der Waals surface area contributed by atoms with Gasteiger partial charge < -0.3 is 16.4 Å². The van der Waals surface area contributed by atoms with E-state index in [4.69, 9.17) is 5.73 Å². The molecule has 0 saturated heterocycles. The molecule has 1 heterocycles. The lowest BCUT2D eigenvalue weighted by Crippen LogP contribution is -2.26. The van der Waals surface area contributed by atoms with Crippen LogP contribution in [0.5, 0.6) is 0 Å². The van der Waals surface area contributed by atoms with Crippen molar-refractivity contribution in [1.82, 2.24) is 15.3 Å². The number of halogens is 3. The maximum Gasteiger partial charge on any atom is 0.433 e. The van der Waals surface area contributed by atoms with E-state index in [1.54, 1.807) is 0 Å². The van der Waals surface area contributed by atoms with Crippen LogP contribution < -0.4 is 16.4 Å². The number of rotatable bonds is 4. The van der Waals surface area contributed by atoms with Crippen molar-refractivity contribution in [3.05, 3.63) is 11.8 Å². The Morgan fingerprint density at radius 3 is 2.61 bits per heavy atom. The van der Waals surface area contributed by atoms with Gasteiger partial charge in [0.1, 0.15) is 5.82 Å². The first-order valence-corrected chi connectivity index (χ1v) is 4.99. The molecular formula is C9H12F3N5O. The highest BCUT2D eigenvalue weighted by Crippen LogP contribution is 2.29. The predicted octanol–water partition coefficient (Wildman–Crippen LogP) is 0.626. The average Bonchev–Trinajstić information content (AvgIpc) is 2.22. The molecule has 0 spiro atoms. The van der Waals surface area contributed by atoms with E-state index in [0.29, 0.717) is 0 Å². The SMILES string of the molecule is CC(=O)NCCNc1cc(C(F)(F)F)nc(N)n1. The Labute approximate surface area is 101 Å². The molecule has 0 aliphatic carbocycles. The topological polar surface area (TPSA) is 92.9 Å². The van der Waals surface area contributed by atoms with Gasteiger partial charge in [0.15, 0.2) is 5.69 Å². The van der Waals surface area contributed by atoms with E-state index < -0.39 is 17.8 Å². The zero-order chi connectivity index (χ0) is 13.8. The van der Waals surface area contributed by atoms with Crippen LogP contribution in [0.2, 0.25) is 0 Å². The molecule has 0 bridgehead atoms. The number of hydrogen-bond donors (Lipinski definition) is 3. The minimum atomic E-state index is -4.58. The summed E-state index contributed by atoms with van der Waals surface area (Å²) < 4.78 is 37.2. The van der Waals surface area contributed by atoms with Gasteiger partial charge in [-0.15, -0.1) is 0 Å². The van der Waals surface area contributed by atoms with Crippen LogP contribution in [0.4, 0.5) is 24.9 Å². The lowest BCUT2D eigenvalue weighted by atomic mass is 10.3. The fourth-order valence-corrected chi connectivity index (χ4v) is 1.13. The number of aromatic nitrogens is 2. The molecule has 1 rings (SSSR count). The molecule has 0 aliphatic rings. The molecule has 6 nitrogen and oxygen atoms in total. The zero-order valence-corrected chi connectivity index (χ0v) is 9.51. The van der Waals surface area contributed by atoms with Gasteiger partial charge in [0.2, 0.25) is 11.9 Å². The molecule has 0 radical (unpaired) electrons. The van der Waals surface area contributed by atoms with Crippen molar-refractivity contribution in [2.45, 2.75) is 13.1 Å². The number of alkyl halides is 3. The smallest absolute Gasteiger partial charge is 0.368 e. The maximum absolute atomic E-state index is 12.4. The van der Waals surface area contributed by atoms with Crippen molar-refractivity contribution < 1.29 is 18.0 Å². The predicted molar refractivity (Wildman–Crippen MR) is 58.6 cm³/mol. The van der Waals surface area contributed by atoms with E-state index in [9.17, 15) is 18.0 Å². The number of hydrogen-bond acceptors (Lipinski definition) is 5. The summed E-state index contributed by atoms with van der Waals surface area (Å²) in [5.41, 5.74) is 4.06. The highest BCUT2D eigenvalue weighted by molar-refractivity contribution is 5.72. The molecular weight excluding hydrogens is 251 g/mol. The highest BCUT2D eigenvalue weighted by atomic mass is 19.4. The van der Waals surface area contributed by atoms with Gasteiger partial charge in [-0.1, -0.05) is 0 Å². The maximum atomic E-state index is 12.4. The second-order valence-corrected chi connectivity index (χ2v) is 3.40. The molecule has 0 aromatic carbocycles. The normalized spacial score (nSPS) is 11.1. The third kappa shape index (κ3) is 4.44. The molecule has 0 fully saturated rings. The van der Waals surface area contributed by atoms with Crippen molar-refractivity contribution in [3.63, 3.8) is 0 Å². The minimum Gasteiger partial charge on any atom is -0.368 e. The summed E-state index contributed by atoms with van der Waals surface area (Å²) in [4.78, 5) is 17.3. The Balaban J connectivity index is 2.66. The van der Waals surface area contributed by atoms with Gasteiger partial charge in [0.25, 0.3) is 0 Å². The van der Waals surface area contributed by atoms with Gasteiger partial charge in [-0.2, -0.15) is 18.2 Å². The summed E-state index contributed by atoms with van der Waals surface area (Å²) in [5.74, 6) is -0.734. The van der Waals surface area contributed by atoms with Crippen LogP contribution in [0, 0.1) is 0 Å². The first-order valence-electron chi connectivity index (χ1n) is 4.99. The fourth-order valence-electron chi connectivity index (χ4n) is 1.13. The van der Waals surface area contributed by atoms with Crippen molar-refractivity contribution in [2.75, 3.05) is 24.1 Å². The van der Waals surface area contributed by atoms with Gasteiger partial charge in [-0.3, -0.25) is 4.79 Å². The molecule has 9 heteroatoms. The summed E-state index contributed by atoms with van der Waals surface area (Å²) in [6.07, 6.45) is -4.58. The number of carbonyl (C=O) groups is 1. The standard InChI is InChI=1S/C9H12F3N5O/c1-5(18)14-2-3-15-7-4-6(9(10,11)12)16-8(13)17-7/h4H,2-3H2,1H3,(H,14,18)(H3,13,15,16,17). The molecule has 18 heavy (non-hydrogen) atoms. The molecule has 1 amide bonds. The van der Waals surface area contributed by atoms with Crippen LogP contribution in [0.1, 0.15) is 12.6 Å². The van der Waals surface area contributed by atoms with Crippen LogP contribution >= 0.6 is 0 Å². The second-order valence-electron chi connectivity index (χ2n) is 3.40. The number of amides is 1. The van der Waals surface area contributed by atoms with Crippen LogP contribution in [0.15, 0.2) is 6.07 Å². The van der Waals surface area contributed by atoms with Crippen molar-refractivity contribution in [2.24, 2.45) is 0 Å². The number of nitrogens with one attached hydrogen (secondary N) is 2. The van der Waals surface area contributed by atoms with Crippen LogP contribution in [-0.2, 0) is 11.0 Å². The zero-order valence-electron chi connectivity index (χ0n) is 9.51. The van der Waals surface area contributed by atoms with E-state index in [-0.39, 0.29) is 24.8 Å². The Morgan fingerprint density at radius 2 is 2.06 bits per heavy atom. The lowest BCUT2D eigenvalue weighted by Gasteiger charge is -2.10. The molecule has 100 valence electrons. The Hall–Kier alpha value is -2.06. The molecule has 0 unspecified atom stereocenters. The summed E-state index contributed by atoms with van der Waals surface area (Å²) in [5, 5.41) is 5.08. The Bertz CT molecular complexity index is 435. The average molecular weight is 263 g/mol. The van der Waals surface area contributed by atoms with E-state index in [2.05, 4.69) is 20.6 Å². The van der Waals surface area contributed by atoms with Gasteiger partial charge in [-0.25, -0.2) is 4.98 Å². The molecule has 0 aliphatic heterocycles. The van der Waals surface area contributed by atoms with Gasteiger partial charge in [0.05, 0.1) is 0 Å². The monoisotopic (exact) mass is 263 g/mol. The Kier molecular flexibility index (Phi) is 4.29. The van der Waals surface area contributed by atoms with Crippen LogP contribution in [0.25, 0.3) is 0 Å². The van der Waals surface area contributed by atoms with Gasteiger partial charge >= 0.3 is 6.18 Å². The van der Waals surface area contributed by atoms with E-state index in [1.165, 1.54) is 6.92 Å². The summed E-state index contributed by atoms with van der Waals surface area (Å²) in [6, 6.07) is 0.754. The molecule has 1 aromatic rings. The van der Waals surface area contributed by atoms with Gasteiger partial charge in [-0.05, 0) is 0 Å². The molecule has 0 atom stereocenters. The van der Waals surface area contributed by atoms with E-state index in [1.807, 2.05) is 0 Å². The fraction of sp³-hybridized carbons (Fsp3) is 0.444. The largest absolute Gasteiger partial charge is 0.433 e. The molecule has 0 saturated carbocycles. The number of nitrogen functional groups attached to an aromatic ring is 1. The number of nitrogens with zero attached hydrogens (tertiary/aromatic N) is 2. The second kappa shape index (κ2) is 5.52. The summed E-state index contributed by atoms with van der Waals surface area (Å²) in [7, 11) is 0. The summed E-state index contributed by atoms with van der Waals surface area (Å²) >= 11 is 0. The number of anilines is 2. The quantitative estimate of drug-likeness (QED) is 0.693. The third-order valence-corrected chi connectivity index (χ3v) is 1.84. The van der Waals surface area contributed by atoms with Crippen molar-refractivity contribution in [1.29, 1.82) is 0 Å². The Morgan fingerprint density at radius 1 is 1.39 bits per heavy atom. The van der Waals surface area contributed by atoms with E-state index >= 15 is 0 Å². The van der Waals surface area contributed by atoms with Crippen molar-refractivity contribution >= 4 is 17.7 Å². The number of nitrogens with two attached hydrogens (primary N) is 1. The number of carbonyl (C=O) groups excluding carboxylic acids is 1. The highest BCUT2D eigenvalue weighted by Gasteiger charge is 2.33. The molecule has 4 N–H and O–H groups in total. The first kappa shape index (κ1) is 14.0. The third-order valence-electron chi connectivity index (χ3n) is 1.84. The van der Waals surface area contributed by atoms with Crippen molar-refractivity contribution in [3.8, 4) is 0 Å². The minimum absolute atomic E-state index is 0.0415. The van der Waals surface area contributed by atoms with E-state index in [0.717, 1.165) is 6.07 Å². The van der Waals surface area contributed by atoms with Crippen LogP contribution in [0.3, 0.4) is 0 Å². The summed E-state index contributed by atoms with van der Waals surface area (Å²) in [6.45, 7) is 1.83. The van der Waals surface area contributed by atoms with Gasteiger partial charge in [0, 0.05) is 26.1 Å². The lowest BCUT2D eigenvalue weighted by molar-refractivity contribution is -0.141. The van der Waals surface area contributed by atoms with Crippen LogP contribution in [-0.4, -0.2) is 29.0 Å². The first-order chi connectivity index (χ1) is 8.29.